The Labute approximate surface area is 129 Å². The molecule has 2 aliphatic heterocycles. The fourth-order valence-corrected chi connectivity index (χ4v) is 3.26. The highest BCUT2D eigenvalue weighted by atomic mass is 19.1. The van der Waals surface area contributed by atoms with Crippen LogP contribution >= 0.6 is 0 Å². The molecule has 1 atom stereocenters. The van der Waals surface area contributed by atoms with Crippen LogP contribution in [0.2, 0.25) is 0 Å². The van der Waals surface area contributed by atoms with E-state index in [1.165, 1.54) is 12.1 Å². The molecule has 0 aromatic heterocycles. The monoisotopic (exact) mass is 307 g/mol. The predicted molar refractivity (Wildman–Crippen MR) is 81.4 cm³/mol. The average molecular weight is 307 g/mol. The van der Waals surface area contributed by atoms with Crippen LogP contribution in [0, 0.1) is 5.82 Å². The Bertz CT molecular complexity index is 558. The Hall–Kier alpha value is -1.66. The largest absolute Gasteiger partial charge is 0.508 e. The van der Waals surface area contributed by atoms with E-state index in [-0.39, 0.29) is 17.2 Å². The number of phenolic OH excluding ortho intramolecular Hbond substituents is 1. The molecule has 0 saturated carbocycles. The van der Waals surface area contributed by atoms with Gasteiger partial charge in [0.2, 0.25) is 0 Å². The number of rotatable bonds is 2. The van der Waals surface area contributed by atoms with Crippen molar-refractivity contribution in [2.45, 2.75) is 12.5 Å². The van der Waals surface area contributed by atoms with Crippen LogP contribution in [-0.2, 0) is 0 Å². The number of benzene rings is 1. The van der Waals surface area contributed by atoms with Crippen molar-refractivity contribution in [3.05, 3.63) is 29.6 Å². The van der Waals surface area contributed by atoms with Crippen molar-refractivity contribution in [3.63, 3.8) is 0 Å². The van der Waals surface area contributed by atoms with E-state index in [1.54, 1.807) is 4.90 Å². The second-order valence-electron chi connectivity index (χ2n) is 6.20. The lowest BCUT2D eigenvalue weighted by atomic mass is 10.1. The third kappa shape index (κ3) is 3.08. The van der Waals surface area contributed by atoms with E-state index in [2.05, 4.69) is 16.8 Å². The molecule has 1 aromatic carbocycles. The number of phenols is 1. The lowest BCUT2D eigenvalue weighted by Gasteiger charge is -2.36. The summed E-state index contributed by atoms with van der Waals surface area (Å²) in [5.74, 6) is -0.990. The number of hydrogen-bond acceptors (Lipinski definition) is 4. The van der Waals surface area contributed by atoms with Gasteiger partial charge in [0.1, 0.15) is 11.6 Å². The number of nitrogens with zero attached hydrogens (tertiary/aromatic N) is 3. The molecule has 5 nitrogen and oxygen atoms in total. The molecule has 0 spiro atoms. The van der Waals surface area contributed by atoms with Crippen molar-refractivity contribution in [2.24, 2.45) is 0 Å². The van der Waals surface area contributed by atoms with E-state index in [4.69, 9.17) is 0 Å². The van der Waals surface area contributed by atoms with Crippen molar-refractivity contribution in [3.8, 4) is 5.75 Å². The van der Waals surface area contributed by atoms with Crippen molar-refractivity contribution in [1.29, 1.82) is 0 Å². The summed E-state index contributed by atoms with van der Waals surface area (Å²) < 4.78 is 13.8. The normalized spacial score (nSPS) is 23.9. The van der Waals surface area contributed by atoms with Crippen molar-refractivity contribution < 1.29 is 14.3 Å². The van der Waals surface area contributed by atoms with Gasteiger partial charge < -0.3 is 14.9 Å². The summed E-state index contributed by atoms with van der Waals surface area (Å²) in [5, 5.41) is 9.46. The highest BCUT2D eigenvalue weighted by molar-refractivity contribution is 5.95. The van der Waals surface area contributed by atoms with Crippen LogP contribution in [0.15, 0.2) is 18.2 Å². The Morgan fingerprint density at radius 1 is 1.23 bits per heavy atom. The molecule has 3 rings (SSSR count). The Morgan fingerprint density at radius 2 is 1.95 bits per heavy atom. The first-order valence-electron chi connectivity index (χ1n) is 7.75. The molecule has 2 fully saturated rings. The number of likely N-dealkylation sites (tertiary alicyclic amines) is 1. The quantitative estimate of drug-likeness (QED) is 0.885. The molecule has 6 heteroatoms. The summed E-state index contributed by atoms with van der Waals surface area (Å²) in [5.41, 5.74) is -0.0426. The molecule has 22 heavy (non-hydrogen) atoms. The standard InChI is InChI=1S/C16H22FN3O2/c1-18-6-8-19(9-7-18)12-4-5-20(11-12)16(22)14-10-13(21)2-3-15(14)17/h2-3,10,12,21H,4-9,11H2,1H3. The molecule has 1 unspecified atom stereocenters. The van der Waals surface area contributed by atoms with Crippen LogP contribution in [-0.4, -0.2) is 78.1 Å². The fraction of sp³-hybridized carbons (Fsp3) is 0.562. The summed E-state index contributed by atoms with van der Waals surface area (Å²) >= 11 is 0. The maximum Gasteiger partial charge on any atom is 0.257 e. The summed E-state index contributed by atoms with van der Waals surface area (Å²) in [6.07, 6.45) is 0.926. The zero-order chi connectivity index (χ0) is 15.7. The number of hydrogen-bond donors (Lipinski definition) is 1. The predicted octanol–water partition coefficient (Wildman–Crippen LogP) is 0.993. The van der Waals surface area contributed by atoms with Crippen LogP contribution in [0.25, 0.3) is 0 Å². The van der Waals surface area contributed by atoms with Gasteiger partial charge in [0.15, 0.2) is 0 Å². The average Bonchev–Trinajstić information content (AvgIpc) is 2.99. The summed E-state index contributed by atoms with van der Waals surface area (Å²) in [7, 11) is 2.12. The molecular weight excluding hydrogens is 285 g/mol. The zero-order valence-electron chi connectivity index (χ0n) is 12.8. The minimum Gasteiger partial charge on any atom is -0.508 e. The number of amides is 1. The fourth-order valence-electron chi connectivity index (χ4n) is 3.26. The maximum atomic E-state index is 13.8. The summed E-state index contributed by atoms with van der Waals surface area (Å²) in [6, 6.07) is 3.96. The van der Waals surface area contributed by atoms with Gasteiger partial charge in [-0.1, -0.05) is 0 Å². The van der Waals surface area contributed by atoms with Gasteiger partial charge in [0.05, 0.1) is 5.56 Å². The number of piperazine rings is 1. The third-order valence-corrected chi connectivity index (χ3v) is 4.69. The number of likely N-dealkylation sites (N-methyl/N-ethyl adjacent to an activating group) is 1. The first-order chi connectivity index (χ1) is 10.5. The molecule has 0 bridgehead atoms. The van der Waals surface area contributed by atoms with E-state index >= 15 is 0 Å². The highest BCUT2D eigenvalue weighted by Gasteiger charge is 2.32. The number of halogens is 1. The number of aromatic hydroxyl groups is 1. The zero-order valence-corrected chi connectivity index (χ0v) is 12.8. The minimum atomic E-state index is -0.578. The molecular formula is C16H22FN3O2. The molecule has 1 amide bonds. The lowest BCUT2D eigenvalue weighted by molar-refractivity contribution is 0.0750. The van der Waals surface area contributed by atoms with Crippen LogP contribution in [0.5, 0.6) is 5.75 Å². The van der Waals surface area contributed by atoms with Crippen molar-refractivity contribution in [1.82, 2.24) is 14.7 Å². The van der Waals surface area contributed by atoms with Crippen LogP contribution < -0.4 is 0 Å². The van der Waals surface area contributed by atoms with Crippen molar-refractivity contribution >= 4 is 5.91 Å². The lowest BCUT2D eigenvalue weighted by Crippen LogP contribution is -2.50. The molecule has 1 aromatic rings. The first-order valence-corrected chi connectivity index (χ1v) is 7.75. The van der Waals surface area contributed by atoms with Gasteiger partial charge in [0, 0.05) is 45.3 Å². The SMILES string of the molecule is CN1CCN(C2CCN(C(=O)c3cc(O)ccc3F)C2)CC1. The third-order valence-electron chi connectivity index (χ3n) is 4.69. The highest BCUT2D eigenvalue weighted by Crippen LogP contribution is 2.22. The van der Waals surface area contributed by atoms with Crippen molar-refractivity contribution in [2.75, 3.05) is 46.3 Å². The molecule has 2 saturated heterocycles. The van der Waals surface area contributed by atoms with Gasteiger partial charge in [0.25, 0.3) is 5.91 Å². The Balaban J connectivity index is 1.65. The smallest absolute Gasteiger partial charge is 0.257 e. The van der Waals surface area contributed by atoms with Gasteiger partial charge in [-0.05, 0) is 31.7 Å². The van der Waals surface area contributed by atoms with Gasteiger partial charge in [-0.15, -0.1) is 0 Å². The molecule has 0 aliphatic carbocycles. The second-order valence-corrected chi connectivity index (χ2v) is 6.20. The van der Waals surface area contributed by atoms with Gasteiger partial charge in [-0.3, -0.25) is 9.69 Å². The topological polar surface area (TPSA) is 47.0 Å². The molecule has 0 radical (unpaired) electrons. The molecule has 2 heterocycles. The Morgan fingerprint density at radius 3 is 2.68 bits per heavy atom. The second kappa shape index (κ2) is 6.22. The van der Waals surface area contributed by atoms with Gasteiger partial charge >= 0.3 is 0 Å². The van der Waals surface area contributed by atoms with Crippen LogP contribution in [0.3, 0.4) is 0 Å². The molecule has 1 N–H and O–H groups in total. The van der Waals surface area contributed by atoms with E-state index in [0.717, 1.165) is 38.7 Å². The Kier molecular flexibility index (Phi) is 4.31. The van der Waals surface area contributed by atoms with E-state index in [0.29, 0.717) is 19.1 Å². The molecule has 2 aliphatic rings. The van der Waals surface area contributed by atoms with Gasteiger partial charge in [-0.2, -0.15) is 0 Å². The summed E-state index contributed by atoms with van der Waals surface area (Å²) in [6.45, 7) is 5.41. The molecule has 120 valence electrons. The maximum absolute atomic E-state index is 13.8. The number of carbonyl (C=O) groups is 1. The minimum absolute atomic E-state index is 0.0426. The van der Waals surface area contributed by atoms with E-state index in [1.807, 2.05) is 0 Å². The first kappa shape index (κ1) is 15.2. The van der Waals surface area contributed by atoms with Crippen LogP contribution in [0.1, 0.15) is 16.8 Å². The van der Waals surface area contributed by atoms with E-state index in [9.17, 15) is 14.3 Å². The number of carbonyl (C=O) groups excluding carboxylic acids is 1. The summed E-state index contributed by atoms with van der Waals surface area (Å²) in [4.78, 5) is 18.9. The van der Waals surface area contributed by atoms with Gasteiger partial charge in [-0.25, -0.2) is 4.39 Å². The van der Waals surface area contributed by atoms with Crippen LogP contribution in [0.4, 0.5) is 4.39 Å². The van der Waals surface area contributed by atoms with E-state index < -0.39 is 5.82 Å².